The summed E-state index contributed by atoms with van der Waals surface area (Å²) in [5.41, 5.74) is 2.19. The van der Waals surface area contributed by atoms with E-state index >= 15 is 0 Å². The van der Waals surface area contributed by atoms with Gasteiger partial charge in [0.25, 0.3) is 11.5 Å². The minimum atomic E-state index is -0.470. The van der Waals surface area contributed by atoms with Crippen LogP contribution in [0.5, 0.6) is 0 Å². The average molecular weight is 315 g/mol. The summed E-state index contributed by atoms with van der Waals surface area (Å²) >= 11 is 0. The van der Waals surface area contributed by atoms with Crippen molar-refractivity contribution in [2.24, 2.45) is 0 Å². The van der Waals surface area contributed by atoms with Crippen molar-refractivity contribution in [1.82, 2.24) is 15.3 Å². The minimum absolute atomic E-state index is 0.0490. The largest absolute Gasteiger partial charge is 0.363 e. The van der Waals surface area contributed by atoms with E-state index < -0.39 is 11.5 Å². The van der Waals surface area contributed by atoms with E-state index in [1.165, 1.54) is 6.07 Å². The van der Waals surface area contributed by atoms with Crippen molar-refractivity contribution in [1.29, 1.82) is 0 Å². The highest BCUT2D eigenvalue weighted by molar-refractivity contribution is 5.93. The van der Waals surface area contributed by atoms with Crippen LogP contribution >= 0.6 is 0 Å². The molecule has 0 atom stereocenters. The molecular weight excluding hydrogens is 294 g/mol. The summed E-state index contributed by atoms with van der Waals surface area (Å²) in [5, 5.41) is 2.66. The zero-order chi connectivity index (χ0) is 17.1. The maximum atomic E-state index is 12.2. The van der Waals surface area contributed by atoms with Crippen molar-refractivity contribution in [2.45, 2.75) is 40.2 Å². The van der Waals surface area contributed by atoms with Crippen molar-refractivity contribution < 1.29 is 4.79 Å². The third kappa shape index (κ3) is 3.59. The summed E-state index contributed by atoms with van der Waals surface area (Å²) in [6, 6.07) is 3.26. The Morgan fingerprint density at radius 3 is 2.52 bits per heavy atom. The van der Waals surface area contributed by atoms with Crippen molar-refractivity contribution in [3.8, 4) is 0 Å². The molecule has 0 saturated carbocycles. The maximum absolute atomic E-state index is 12.2. The molecule has 6 nitrogen and oxygen atoms in total. The number of rotatable bonds is 4. The van der Waals surface area contributed by atoms with Gasteiger partial charge in [0, 0.05) is 28.7 Å². The van der Waals surface area contributed by atoms with Gasteiger partial charge in [0.15, 0.2) is 5.43 Å². The first kappa shape index (κ1) is 16.7. The normalized spacial score (nSPS) is 10.8. The fourth-order valence-electron chi connectivity index (χ4n) is 2.25. The van der Waals surface area contributed by atoms with Crippen LogP contribution in [-0.2, 0) is 6.54 Å². The molecule has 0 saturated heterocycles. The molecule has 0 unspecified atom stereocenters. The number of H-pyrrole nitrogens is 2. The van der Waals surface area contributed by atoms with Crippen LogP contribution in [0.2, 0.25) is 0 Å². The third-order valence-corrected chi connectivity index (χ3v) is 3.84. The first-order valence-electron chi connectivity index (χ1n) is 7.50. The SMILES string of the molecule is Cc1c[nH]c(CNC(=O)c2ccc(C(C)C)[nH]c2=O)c(C)c1=O. The molecule has 0 aromatic carbocycles. The Morgan fingerprint density at radius 2 is 1.91 bits per heavy atom. The number of pyridine rings is 2. The van der Waals surface area contributed by atoms with E-state index in [-0.39, 0.29) is 23.5 Å². The average Bonchev–Trinajstić information content (AvgIpc) is 2.51. The highest BCUT2D eigenvalue weighted by atomic mass is 16.2. The van der Waals surface area contributed by atoms with Crippen LogP contribution in [0.3, 0.4) is 0 Å². The van der Waals surface area contributed by atoms with Crippen LogP contribution in [0, 0.1) is 13.8 Å². The number of amides is 1. The molecule has 0 aliphatic rings. The molecule has 1 amide bonds. The quantitative estimate of drug-likeness (QED) is 0.802. The van der Waals surface area contributed by atoms with Gasteiger partial charge in [0.2, 0.25) is 0 Å². The van der Waals surface area contributed by atoms with Crippen molar-refractivity contribution in [2.75, 3.05) is 0 Å². The van der Waals surface area contributed by atoms with E-state index in [9.17, 15) is 14.4 Å². The minimum Gasteiger partial charge on any atom is -0.363 e. The summed E-state index contributed by atoms with van der Waals surface area (Å²) < 4.78 is 0. The fraction of sp³-hybridized carbons (Fsp3) is 0.353. The topological polar surface area (TPSA) is 94.8 Å². The first-order chi connectivity index (χ1) is 10.8. The van der Waals surface area contributed by atoms with Crippen molar-refractivity contribution in [3.05, 3.63) is 67.0 Å². The van der Waals surface area contributed by atoms with Gasteiger partial charge in [-0.2, -0.15) is 0 Å². The predicted molar refractivity (Wildman–Crippen MR) is 88.9 cm³/mol. The summed E-state index contributed by atoms with van der Waals surface area (Å²) in [4.78, 5) is 41.7. The van der Waals surface area contributed by atoms with E-state index in [0.717, 1.165) is 5.69 Å². The zero-order valence-electron chi connectivity index (χ0n) is 13.7. The van der Waals surface area contributed by atoms with Gasteiger partial charge in [-0.15, -0.1) is 0 Å². The molecule has 2 rings (SSSR count). The van der Waals surface area contributed by atoms with Gasteiger partial charge >= 0.3 is 0 Å². The monoisotopic (exact) mass is 315 g/mol. The lowest BCUT2D eigenvalue weighted by Crippen LogP contribution is -2.30. The molecular formula is C17H21N3O3. The van der Waals surface area contributed by atoms with Crippen molar-refractivity contribution >= 4 is 5.91 Å². The summed E-state index contributed by atoms with van der Waals surface area (Å²) in [7, 11) is 0. The van der Waals surface area contributed by atoms with Gasteiger partial charge in [-0.3, -0.25) is 14.4 Å². The lowest BCUT2D eigenvalue weighted by Gasteiger charge is -2.09. The number of nitrogens with one attached hydrogen (secondary N) is 3. The molecule has 0 aliphatic carbocycles. The van der Waals surface area contributed by atoms with Crippen LogP contribution in [-0.4, -0.2) is 15.9 Å². The molecule has 0 radical (unpaired) electrons. The molecule has 23 heavy (non-hydrogen) atoms. The third-order valence-electron chi connectivity index (χ3n) is 3.84. The molecule has 0 bridgehead atoms. The number of aryl methyl sites for hydroxylation is 1. The Kier molecular flexibility index (Phi) is 4.83. The van der Waals surface area contributed by atoms with Gasteiger partial charge < -0.3 is 15.3 Å². The Labute approximate surface area is 134 Å². The zero-order valence-corrected chi connectivity index (χ0v) is 13.7. The molecule has 0 fully saturated rings. The van der Waals surface area contributed by atoms with Crippen LogP contribution < -0.4 is 16.3 Å². The number of aromatic nitrogens is 2. The van der Waals surface area contributed by atoms with Crippen LogP contribution in [0.25, 0.3) is 0 Å². The summed E-state index contributed by atoms with van der Waals surface area (Å²) in [6.45, 7) is 7.51. The highest BCUT2D eigenvalue weighted by Crippen LogP contribution is 2.09. The molecule has 0 spiro atoms. The number of hydrogen-bond donors (Lipinski definition) is 3. The van der Waals surface area contributed by atoms with Crippen LogP contribution in [0.15, 0.2) is 27.9 Å². The lowest BCUT2D eigenvalue weighted by molar-refractivity contribution is 0.0949. The second-order valence-electron chi connectivity index (χ2n) is 5.90. The van der Waals surface area contributed by atoms with Crippen molar-refractivity contribution in [3.63, 3.8) is 0 Å². The highest BCUT2D eigenvalue weighted by Gasteiger charge is 2.13. The van der Waals surface area contributed by atoms with Gasteiger partial charge in [-0.05, 0) is 31.9 Å². The number of carbonyl (C=O) groups is 1. The van der Waals surface area contributed by atoms with E-state index in [1.807, 2.05) is 13.8 Å². The Bertz CT molecular complexity index is 847. The predicted octanol–water partition coefficient (Wildman–Crippen LogP) is 1.73. The standard InChI is InChI=1S/C17H21N3O3/c1-9(2)13-6-5-12(17(23)20-13)16(22)19-8-14-11(4)15(21)10(3)7-18-14/h5-7,9H,8H2,1-4H3,(H,18,21)(H,19,22)(H,20,23). The summed E-state index contributed by atoms with van der Waals surface area (Å²) in [5.74, 6) is -0.289. The van der Waals surface area contributed by atoms with E-state index in [0.29, 0.717) is 16.8 Å². The molecule has 2 heterocycles. The Hall–Kier alpha value is -2.63. The van der Waals surface area contributed by atoms with E-state index in [4.69, 9.17) is 0 Å². The maximum Gasteiger partial charge on any atom is 0.261 e. The molecule has 122 valence electrons. The fourth-order valence-corrected chi connectivity index (χ4v) is 2.25. The number of aromatic amines is 2. The molecule has 3 N–H and O–H groups in total. The first-order valence-corrected chi connectivity index (χ1v) is 7.50. The number of carbonyl (C=O) groups excluding carboxylic acids is 1. The van der Waals surface area contributed by atoms with Crippen LogP contribution in [0.4, 0.5) is 0 Å². The van der Waals surface area contributed by atoms with E-state index in [2.05, 4.69) is 15.3 Å². The van der Waals surface area contributed by atoms with Gasteiger partial charge in [0.05, 0.1) is 6.54 Å². The smallest absolute Gasteiger partial charge is 0.261 e. The van der Waals surface area contributed by atoms with Gasteiger partial charge in [-0.25, -0.2) is 0 Å². The Morgan fingerprint density at radius 1 is 1.22 bits per heavy atom. The van der Waals surface area contributed by atoms with Crippen LogP contribution in [0.1, 0.15) is 52.6 Å². The second kappa shape index (κ2) is 6.64. The molecule has 2 aromatic heterocycles. The Balaban J connectivity index is 2.16. The molecule has 6 heteroatoms. The number of hydrogen-bond acceptors (Lipinski definition) is 3. The van der Waals surface area contributed by atoms with E-state index in [1.54, 1.807) is 26.1 Å². The molecule has 2 aromatic rings. The van der Waals surface area contributed by atoms with Gasteiger partial charge in [-0.1, -0.05) is 13.8 Å². The second-order valence-corrected chi connectivity index (χ2v) is 5.90. The lowest BCUT2D eigenvalue weighted by atomic mass is 10.1. The molecule has 0 aliphatic heterocycles. The summed E-state index contributed by atoms with van der Waals surface area (Å²) in [6.07, 6.45) is 1.61. The van der Waals surface area contributed by atoms with Gasteiger partial charge in [0.1, 0.15) is 5.56 Å².